The largest absolute Gasteiger partial charge is 0.364 e. The summed E-state index contributed by atoms with van der Waals surface area (Å²) >= 11 is 12.1. The summed E-state index contributed by atoms with van der Waals surface area (Å²) < 4.78 is 0. The van der Waals surface area contributed by atoms with Gasteiger partial charge in [0.2, 0.25) is 0 Å². The molecule has 1 atom stereocenters. The highest BCUT2D eigenvalue weighted by Gasteiger charge is 2.33. The summed E-state index contributed by atoms with van der Waals surface area (Å²) in [5.74, 6) is 0. The summed E-state index contributed by atoms with van der Waals surface area (Å²) in [7, 11) is 1.80. The molecular formula is C21H19ClN4S. The molecule has 2 heterocycles. The number of pyridine rings is 1. The van der Waals surface area contributed by atoms with Crippen LogP contribution < -0.4 is 5.32 Å². The second-order valence-electron chi connectivity index (χ2n) is 6.60. The first-order chi connectivity index (χ1) is 13.1. The maximum Gasteiger partial charge on any atom is 0.189 e. The number of halogens is 1. The number of thiocarbonyl (C=S) groups is 1. The van der Waals surface area contributed by atoms with Gasteiger partial charge >= 0.3 is 0 Å². The summed E-state index contributed by atoms with van der Waals surface area (Å²) in [5.41, 5.74) is 5.06. The van der Waals surface area contributed by atoms with E-state index in [2.05, 4.69) is 40.6 Å². The molecule has 0 amide bonds. The Morgan fingerprint density at radius 1 is 1.19 bits per heavy atom. The van der Waals surface area contributed by atoms with E-state index in [1.807, 2.05) is 36.2 Å². The van der Waals surface area contributed by atoms with Crippen LogP contribution in [0.4, 0.5) is 0 Å². The van der Waals surface area contributed by atoms with Crippen molar-refractivity contribution >= 4 is 45.5 Å². The van der Waals surface area contributed by atoms with Crippen LogP contribution in [-0.2, 0) is 0 Å². The molecule has 0 unspecified atom stereocenters. The predicted molar refractivity (Wildman–Crippen MR) is 115 cm³/mol. The van der Waals surface area contributed by atoms with Gasteiger partial charge in [0.15, 0.2) is 5.11 Å². The lowest BCUT2D eigenvalue weighted by Gasteiger charge is -2.24. The Morgan fingerprint density at radius 2 is 1.96 bits per heavy atom. The van der Waals surface area contributed by atoms with Crippen LogP contribution in [0.5, 0.6) is 0 Å². The van der Waals surface area contributed by atoms with E-state index in [1.165, 1.54) is 0 Å². The second-order valence-corrected chi connectivity index (χ2v) is 7.34. The predicted octanol–water partition coefficient (Wildman–Crippen LogP) is 4.85. The molecule has 3 aromatic rings. The molecule has 136 valence electrons. The summed E-state index contributed by atoms with van der Waals surface area (Å²) in [5, 5.41) is 11.8. The van der Waals surface area contributed by atoms with Gasteiger partial charge in [-0.05, 0) is 42.4 Å². The molecule has 4 rings (SSSR count). The summed E-state index contributed by atoms with van der Waals surface area (Å²) in [4.78, 5) is 4.62. The first kappa shape index (κ1) is 17.9. The third kappa shape index (κ3) is 3.40. The lowest BCUT2D eigenvalue weighted by Crippen LogP contribution is -2.34. The van der Waals surface area contributed by atoms with Crippen molar-refractivity contribution in [1.82, 2.24) is 15.3 Å². The van der Waals surface area contributed by atoms with Crippen molar-refractivity contribution in [2.45, 2.75) is 19.4 Å². The highest BCUT2D eigenvalue weighted by atomic mass is 35.5. The molecule has 0 spiro atoms. The molecule has 0 bridgehead atoms. The number of benzene rings is 2. The van der Waals surface area contributed by atoms with E-state index in [4.69, 9.17) is 28.9 Å². The fraction of sp³-hybridized carbons (Fsp3) is 0.190. The molecule has 2 aromatic carbocycles. The van der Waals surface area contributed by atoms with Gasteiger partial charge in [0.1, 0.15) is 5.15 Å². The van der Waals surface area contributed by atoms with Crippen molar-refractivity contribution in [3.05, 3.63) is 76.4 Å². The van der Waals surface area contributed by atoms with Crippen LogP contribution in [0, 0.1) is 6.92 Å². The normalized spacial score (nSPS) is 16.5. The fourth-order valence-electron chi connectivity index (χ4n) is 3.36. The van der Waals surface area contributed by atoms with E-state index in [9.17, 15) is 0 Å². The molecule has 4 nitrogen and oxygen atoms in total. The number of aryl methyl sites for hydroxylation is 1. The zero-order valence-electron chi connectivity index (χ0n) is 15.1. The number of hydrazone groups is 1. The van der Waals surface area contributed by atoms with E-state index < -0.39 is 0 Å². The van der Waals surface area contributed by atoms with Crippen molar-refractivity contribution < 1.29 is 0 Å². The lowest BCUT2D eigenvalue weighted by atomic mass is 9.98. The Morgan fingerprint density at radius 3 is 2.70 bits per heavy atom. The van der Waals surface area contributed by atoms with Crippen molar-refractivity contribution in [2.24, 2.45) is 5.10 Å². The lowest BCUT2D eigenvalue weighted by molar-refractivity contribution is 0.366. The van der Waals surface area contributed by atoms with Gasteiger partial charge in [0.05, 0.1) is 17.3 Å². The molecule has 0 radical (unpaired) electrons. The Bertz CT molecular complexity index is 1050. The van der Waals surface area contributed by atoms with Crippen LogP contribution in [0.3, 0.4) is 0 Å². The van der Waals surface area contributed by atoms with Crippen LogP contribution >= 0.6 is 23.8 Å². The van der Waals surface area contributed by atoms with E-state index >= 15 is 0 Å². The van der Waals surface area contributed by atoms with Gasteiger partial charge in [0, 0.05) is 24.4 Å². The Kier molecular flexibility index (Phi) is 4.81. The molecule has 27 heavy (non-hydrogen) atoms. The molecule has 0 fully saturated rings. The Balaban J connectivity index is 1.78. The minimum Gasteiger partial charge on any atom is -0.364 e. The van der Waals surface area contributed by atoms with Gasteiger partial charge in [-0.2, -0.15) is 5.10 Å². The topological polar surface area (TPSA) is 40.5 Å². The van der Waals surface area contributed by atoms with Crippen LogP contribution in [0.15, 0.2) is 59.7 Å². The number of hydrogen-bond acceptors (Lipinski definition) is 3. The summed E-state index contributed by atoms with van der Waals surface area (Å²) in [6.07, 6.45) is 0.713. The number of nitrogens with one attached hydrogen (secondary N) is 1. The third-order valence-corrected chi connectivity index (χ3v) is 5.45. The second kappa shape index (κ2) is 7.25. The number of hydrogen-bond donors (Lipinski definition) is 1. The van der Waals surface area contributed by atoms with Crippen molar-refractivity contribution in [3.63, 3.8) is 0 Å². The van der Waals surface area contributed by atoms with Crippen molar-refractivity contribution in [2.75, 3.05) is 7.05 Å². The average Bonchev–Trinajstić information content (AvgIpc) is 3.12. The van der Waals surface area contributed by atoms with Crippen molar-refractivity contribution in [3.8, 4) is 0 Å². The molecule has 6 heteroatoms. The zero-order valence-corrected chi connectivity index (χ0v) is 16.7. The van der Waals surface area contributed by atoms with Gasteiger partial charge in [-0.1, -0.05) is 54.1 Å². The van der Waals surface area contributed by atoms with Gasteiger partial charge in [-0.3, -0.25) is 0 Å². The van der Waals surface area contributed by atoms with E-state index in [1.54, 1.807) is 7.05 Å². The number of nitrogens with zero attached hydrogens (tertiary/aromatic N) is 3. The third-order valence-electron chi connectivity index (χ3n) is 4.75. The molecule has 0 saturated heterocycles. The quantitative estimate of drug-likeness (QED) is 0.498. The van der Waals surface area contributed by atoms with Gasteiger partial charge < -0.3 is 5.32 Å². The van der Waals surface area contributed by atoms with Crippen LogP contribution in [0.25, 0.3) is 10.9 Å². The first-order valence-corrected chi connectivity index (χ1v) is 9.56. The summed E-state index contributed by atoms with van der Waals surface area (Å²) in [6, 6.07) is 18.4. The molecule has 0 saturated carbocycles. The number of rotatable bonds is 2. The monoisotopic (exact) mass is 394 g/mol. The maximum atomic E-state index is 6.59. The summed E-state index contributed by atoms with van der Waals surface area (Å²) in [6.45, 7) is 2.05. The Labute approximate surface area is 168 Å². The van der Waals surface area contributed by atoms with Crippen LogP contribution in [-0.4, -0.2) is 27.9 Å². The van der Waals surface area contributed by atoms with Gasteiger partial charge in [0.25, 0.3) is 0 Å². The SMILES string of the molecule is CNC(=S)N1N=C(c2ccccc2)C[C@@H]1c1cc2ccc(C)cc2nc1Cl. The highest BCUT2D eigenvalue weighted by molar-refractivity contribution is 7.80. The molecule has 1 aliphatic heterocycles. The first-order valence-electron chi connectivity index (χ1n) is 8.77. The smallest absolute Gasteiger partial charge is 0.189 e. The zero-order chi connectivity index (χ0) is 19.0. The molecule has 0 aliphatic carbocycles. The standard InChI is InChI=1S/C21H19ClN4S/c1-13-8-9-15-11-16(20(22)24-17(15)10-13)19-12-18(14-6-4-3-5-7-14)25-26(19)21(27)23-2/h3-11,19H,12H2,1-2H3,(H,23,27)/t19-/m1/s1. The maximum absolute atomic E-state index is 6.59. The number of fused-ring (bicyclic) bond motifs is 1. The Hall–Kier alpha value is -2.50. The van der Waals surface area contributed by atoms with Gasteiger partial charge in [-0.15, -0.1) is 0 Å². The molecular weight excluding hydrogens is 376 g/mol. The average molecular weight is 395 g/mol. The van der Waals surface area contributed by atoms with Crippen LogP contribution in [0.2, 0.25) is 5.15 Å². The number of aromatic nitrogens is 1. The molecule has 1 N–H and O–H groups in total. The molecule has 1 aromatic heterocycles. The molecule has 1 aliphatic rings. The van der Waals surface area contributed by atoms with E-state index in [0.29, 0.717) is 16.7 Å². The highest BCUT2D eigenvalue weighted by Crippen LogP contribution is 2.37. The minimum atomic E-state index is -0.0918. The van der Waals surface area contributed by atoms with E-state index in [-0.39, 0.29) is 6.04 Å². The minimum absolute atomic E-state index is 0.0918. The van der Waals surface area contributed by atoms with Gasteiger partial charge in [-0.25, -0.2) is 9.99 Å². The van der Waals surface area contributed by atoms with Crippen molar-refractivity contribution in [1.29, 1.82) is 0 Å². The van der Waals surface area contributed by atoms with Crippen LogP contribution in [0.1, 0.15) is 29.2 Å². The van der Waals surface area contributed by atoms with E-state index in [0.717, 1.165) is 33.3 Å². The fourth-order valence-corrected chi connectivity index (χ4v) is 3.80.